The van der Waals surface area contributed by atoms with Crippen LogP contribution in [0.25, 0.3) is 21.8 Å². The van der Waals surface area contributed by atoms with Gasteiger partial charge in [-0.05, 0) is 74.6 Å². The standard InChI is InChI=1S/C30H28N4O2/c35-27(33-23-9-1-5-21-7-3-11-31-25(21)23)29-14-19-13-20(15-29)17-30(16-19,18-29)28(36)34-24-10-2-6-22-8-4-12-32-26(22)24/h1-12,19-20H,13-18H2,(H,33,35)(H,34,36). The maximum Gasteiger partial charge on any atom is 0.230 e. The molecule has 0 radical (unpaired) electrons. The monoisotopic (exact) mass is 476 g/mol. The van der Waals surface area contributed by atoms with Crippen LogP contribution < -0.4 is 10.6 Å². The Morgan fingerprint density at radius 2 is 1.11 bits per heavy atom. The van der Waals surface area contributed by atoms with E-state index in [2.05, 4.69) is 20.6 Å². The van der Waals surface area contributed by atoms with Crippen LogP contribution >= 0.6 is 0 Å². The molecule has 6 nitrogen and oxygen atoms in total. The van der Waals surface area contributed by atoms with Crippen molar-refractivity contribution in [2.45, 2.75) is 38.5 Å². The molecule has 0 spiro atoms. The van der Waals surface area contributed by atoms with Crippen LogP contribution in [-0.2, 0) is 9.59 Å². The van der Waals surface area contributed by atoms with Crippen molar-refractivity contribution in [3.63, 3.8) is 0 Å². The Labute approximate surface area is 209 Å². The average Bonchev–Trinajstić information content (AvgIpc) is 2.88. The lowest BCUT2D eigenvalue weighted by Crippen LogP contribution is -2.59. The highest BCUT2D eigenvalue weighted by molar-refractivity contribution is 6.05. The maximum absolute atomic E-state index is 13.9. The second-order valence-electron chi connectivity index (χ2n) is 11.2. The molecule has 0 unspecified atom stereocenters. The van der Waals surface area contributed by atoms with E-state index in [1.54, 1.807) is 12.4 Å². The van der Waals surface area contributed by atoms with Gasteiger partial charge in [0.25, 0.3) is 0 Å². The Morgan fingerprint density at radius 3 is 1.58 bits per heavy atom. The number of aromatic nitrogens is 2. The molecule has 4 fully saturated rings. The molecule has 4 aromatic rings. The van der Waals surface area contributed by atoms with Crippen molar-refractivity contribution in [2.24, 2.45) is 22.7 Å². The van der Waals surface area contributed by atoms with Gasteiger partial charge in [0.05, 0.1) is 33.2 Å². The Morgan fingerprint density at radius 1 is 0.667 bits per heavy atom. The molecule has 2 N–H and O–H groups in total. The number of para-hydroxylation sites is 2. The van der Waals surface area contributed by atoms with Crippen LogP contribution in [0.15, 0.2) is 73.1 Å². The van der Waals surface area contributed by atoms with Crippen molar-refractivity contribution in [3.05, 3.63) is 73.1 Å². The van der Waals surface area contributed by atoms with Crippen LogP contribution in [0.3, 0.4) is 0 Å². The molecule has 6 heteroatoms. The largest absolute Gasteiger partial charge is 0.324 e. The summed E-state index contributed by atoms with van der Waals surface area (Å²) in [6.45, 7) is 0. The molecule has 4 aliphatic carbocycles. The summed E-state index contributed by atoms with van der Waals surface area (Å²) >= 11 is 0. The van der Waals surface area contributed by atoms with Gasteiger partial charge in [-0.15, -0.1) is 0 Å². The van der Waals surface area contributed by atoms with Crippen molar-refractivity contribution in [1.29, 1.82) is 0 Å². The van der Waals surface area contributed by atoms with Gasteiger partial charge in [0.2, 0.25) is 11.8 Å². The number of hydrogen-bond donors (Lipinski definition) is 2. The van der Waals surface area contributed by atoms with Gasteiger partial charge in [0, 0.05) is 23.2 Å². The van der Waals surface area contributed by atoms with Gasteiger partial charge in [-0.2, -0.15) is 0 Å². The first-order valence-electron chi connectivity index (χ1n) is 12.8. The van der Waals surface area contributed by atoms with E-state index in [4.69, 9.17) is 0 Å². The Balaban J connectivity index is 1.20. The molecule has 2 heterocycles. The highest BCUT2D eigenvalue weighted by atomic mass is 16.2. The number of amides is 2. The summed E-state index contributed by atoms with van der Waals surface area (Å²) in [6.07, 6.45) is 8.67. The SMILES string of the molecule is O=C(Nc1cccc2cccnc12)C12CC3CC(C1)CC(C(=O)Nc1cccc4cccnc14)(C3)C2. The molecule has 2 amide bonds. The van der Waals surface area contributed by atoms with E-state index in [1.165, 1.54) is 0 Å². The minimum atomic E-state index is -0.518. The Kier molecular flexibility index (Phi) is 4.69. The first kappa shape index (κ1) is 21.5. The summed E-state index contributed by atoms with van der Waals surface area (Å²) in [4.78, 5) is 36.9. The molecule has 8 rings (SSSR count). The summed E-state index contributed by atoms with van der Waals surface area (Å²) in [5.41, 5.74) is 2.05. The van der Waals surface area contributed by atoms with Crippen molar-refractivity contribution >= 4 is 45.0 Å². The van der Waals surface area contributed by atoms with Gasteiger partial charge in [-0.1, -0.05) is 36.4 Å². The van der Waals surface area contributed by atoms with Gasteiger partial charge in [0.15, 0.2) is 0 Å². The predicted molar refractivity (Wildman–Crippen MR) is 140 cm³/mol. The first-order valence-corrected chi connectivity index (χ1v) is 12.8. The number of hydrogen-bond acceptors (Lipinski definition) is 4. The number of pyridine rings is 2. The van der Waals surface area contributed by atoms with E-state index in [0.29, 0.717) is 18.3 Å². The topological polar surface area (TPSA) is 84.0 Å². The van der Waals surface area contributed by atoms with E-state index >= 15 is 0 Å². The fourth-order valence-electron chi connectivity index (χ4n) is 7.71. The van der Waals surface area contributed by atoms with Gasteiger partial charge in [-0.3, -0.25) is 19.6 Å². The zero-order valence-electron chi connectivity index (χ0n) is 20.0. The summed E-state index contributed by atoms with van der Waals surface area (Å²) in [5.74, 6) is 0.885. The number of nitrogens with one attached hydrogen (secondary N) is 2. The molecule has 4 bridgehead atoms. The van der Waals surface area contributed by atoms with E-state index in [9.17, 15) is 9.59 Å². The number of anilines is 2. The average molecular weight is 477 g/mol. The van der Waals surface area contributed by atoms with Crippen molar-refractivity contribution in [3.8, 4) is 0 Å². The van der Waals surface area contributed by atoms with Gasteiger partial charge in [0.1, 0.15) is 0 Å². The quantitative estimate of drug-likeness (QED) is 0.381. The summed E-state index contributed by atoms with van der Waals surface area (Å²) in [7, 11) is 0. The number of fused-ring (bicyclic) bond motifs is 2. The zero-order valence-corrected chi connectivity index (χ0v) is 20.0. The second kappa shape index (κ2) is 7.85. The highest BCUT2D eigenvalue weighted by Crippen LogP contribution is 2.65. The lowest BCUT2D eigenvalue weighted by atomic mass is 9.43. The predicted octanol–water partition coefficient (Wildman–Crippen LogP) is 5.95. The second-order valence-corrected chi connectivity index (χ2v) is 11.2. The normalized spacial score (nSPS) is 28.3. The molecule has 180 valence electrons. The zero-order chi connectivity index (χ0) is 24.3. The van der Waals surface area contributed by atoms with Gasteiger partial charge >= 0.3 is 0 Å². The summed E-state index contributed by atoms with van der Waals surface area (Å²) in [5, 5.41) is 8.46. The Hall–Kier alpha value is -3.80. The fourth-order valence-corrected chi connectivity index (χ4v) is 7.71. The molecule has 0 atom stereocenters. The summed E-state index contributed by atoms with van der Waals surface area (Å²) < 4.78 is 0. The lowest BCUT2D eigenvalue weighted by molar-refractivity contribution is -0.161. The number of rotatable bonds is 4. The number of benzene rings is 2. The minimum Gasteiger partial charge on any atom is -0.324 e. The van der Waals surface area contributed by atoms with Crippen LogP contribution in [0.4, 0.5) is 11.4 Å². The van der Waals surface area contributed by atoms with E-state index in [-0.39, 0.29) is 11.8 Å². The van der Waals surface area contributed by atoms with Crippen LogP contribution in [-0.4, -0.2) is 21.8 Å². The van der Waals surface area contributed by atoms with Crippen LogP contribution in [0, 0.1) is 22.7 Å². The minimum absolute atomic E-state index is 0.0405. The molecule has 4 saturated carbocycles. The van der Waals surface area contributed by atoms with Gasteiger partial charge in [-0.25, -0.2) is 0 Å². The smallest absolute Gasteiger partial charge is 0.230 e. The molecular formula is C30H28N4O2. The molecule has 36 heavy (non-hydrogen) atoms. The molecule has 4 aliphatic rings. The number of carbonyl (C=O) groups is 2. The van der Waals surface area contributed by atoms with Crippen LogP contribution in [0.2, 0.25) is 0 Å². The third kappa shape index (κ3) is 3.31. The highest BCUT2D eigenvalue weighted by Gasteiger charge is 2.63. The molecular weight excluding hydrogens is 448 g/mol. The van der Waals surface area contributed by atoms with Crippen LogP contribution in [0.1, 0.15) is 38.5 Å². The third-order valence-electron chi connectivity index (χ3n) is 8.79. The number of nitrogens with zero attached hydrogens (tertiary/aromatic N) is 2. The third-order valence-corrected chi connectivity index (χ3v) is 8.79. The first-order chi connectivity index (χ1) is 17.5. The van der Waals surface area contributed by atoms with E-state index < -0.39 is 10.8 Å². The molecule has 2 aromatic carbocycles. The van der Waals surface area contributed by atoms with Crippen molar-refractivity contribution in [2.75, 3.05) is 10.6 Å². The molecule has 0 aliphatic heterocycles. The Bertz CT molecular complexity index is 1390. The summed E-state index contributed by atoms with van der Waals surface area (Å²) in [6, 6.07) is 19.6. The number of carbonyl (C=O) groups excluding carboxylic acids is 2. The van der Waals surface area contributed by atoms with E-state index in [0.717, 1.165) is 65.3 Å². The lowest BCUT2D eigenvalue weighted by Gasteiger charge is -2.60. The van der Waals surface area contributed by atoms with Gasteiger partial charge < -0.3 is 10.6 Å². The molecule has 2 aromatic heterocycles. The fraction of sp³-hybridized carbons (Fsp3) is 0.333. The molecule has 0 saturated heterocycles. The van der Waals surface area contributed by atoms with Crippen molar-refractivity contribution in [1.82, 2.24) is 9.97 Å². The maximum atomic E-state index is 13.9. The van der Waals surface area contributed by atoms with Crippen LogP contribution in [0.5, 0.6) is 0 Å². The van der Waals surface area contributed by atoms with E-state index in [1.807, 2.05) is 60.7 Å². The van der Waals surface area contributed by atoms with Crippen molar-refractivity contribution < 1.29 is 9.59 Å².